The highest BCUT2D eigenvalue weighted by Gasteiger charge is 2.45. The van der Waals surface area contributed by atoms with E-state index in [4.69, 9.17) is 14.2 Å². The van der Waals surface area contributed by atoms with Crippen LogP contribution < -0.4 is 9.47 Å². The number of ether oxygens (including phenoxy) is 3. The minimum atomic E-state index is -1.48. The lowest BCUT2D eigenvalue weighted by Gasteiger charge is -2.45. The predicted octanol–water partition coefficient (Wildman–Crippen LogP) is 0.463. The zero-order valence-electron chi connectivity index (χ0n) is 18.3. The van der Waals surface area contributed by atoms with E-state index in [9.17, 15) is 20.4 Å². The summed E-state index contributed by atoms with van der Waals surface area (Å²) in [4.78, 5) is 2.61. The molecule has 2 aliphatic heterocycles. The zero-order valence-corrected chi connectivity index (χ0v) is 18.3. The summed E-state index contributed by atoms with van der Waals surface area (Å²) in [6, 6.07) is 4.48. The summed E-state index contributed by atoms with van der Waals surface area (Å²) >= 11 is 0. The highest BCUT2D eigenvalue weighted by atomic mass is 16.7. The summed E-state index contributed by atoms with van der Waals surface area (Å²) in [5.74, 6) is 1.57. The smallest absolute Gasteiger partial charge is 0.229 e. The van der Waals surface area contributed by atoms with Crippen molar-refractivity contribution in [2.45, 2.75) is 75.8 Å². The van der Waals surface area contributed by atoms with Crippen LogP contribution in [0.25, 0.3) is 0 Å². The number of nitrogens with zero attached hydrogens (tertiary/aromatic N) is 1. The zero-order chi connectivity index (χ0) is 22.1. The molecule has 2 heterocycles. The fraction of sp³-hybridized carbons (Fsp3) is 0.739. The first-order valence-corrected chi connectivity index (χ1v) is 11.4. The van der Waals surface area contributed by atoms with Crippen molar-refractivity contribution in [3.8, 4) is 11.5 Å². The van der Waals surface area contributed by atoms with E-state index in [2.05, 4.69) is 17.9 Å². The van der Waals surface area contributed by atoms with Gasteiger partial charge in [0, 0.05) is 11.6 Å². The van der Waals surface area contributed by atoms with Gasteiger partial charge in [-0.3, -0.25) is 4.90 Å². The van der Waals surface area contributed by atoms with Crippen molar-refractivity contribution >= 4 is 0 Å². The van der Waals surface area contributed by atoms with Crippen LogP contribution in [-0.2, 0) is 17.6 Å². The standard InChI is InChI=1S/C23H35NO7/c1-3-8-24-9-4-5-14-10-15-13(11-16(14)24)6-7-17(29-2)22(15)31-23-21(28)20(27)19(26)18(12-25)30-23/h6-7,14,16,18-21,23,25-28H,3-5,8-12H2,1-2H3/t14-,16-,18-,19-,20+,21-,23+/m1/s1. The topological polar surface area (TPSA) is 112 Å². The van der Waals surface area contributed by atoms with Gasteiger partial charge in [0.2, 0.25) is 6.29 Å². The molecule has 1 aliphatic carbocycles. The molecule has 0 saturated carbocycles. The number of methoxy groups -OCH3 is 1. The Labute approximate surface area is 183 Å². The number of aliphatic hydroxyl groups is 4. The third-order valence-electron chi connectivity index (χ3n) is 7.06. The molecule has 4 N–H and O–H groups in total. The van der Waals surface area contributed by atoms with E-state index in [0.717, 1.165) is 37.9 Å². The van der Waals surface area contributed by atoms with Crippen LogP contribution in [0.3, 0.4) is 0 Å². The summed E-state index contributed by atoms with van der Waals surface area (Å²) in [7, 11) is 1.57. The molecule has 2 saturated heterocycles. The third-order valence-corrected chi connectivity index (χ3v) is 7.06. The summed E-state index contributed by atoms with van der Waals surface area (Å²) in [5, 5.41) is 40.1. The second-order valence-corrected chi connectivity index (χ2v) is 8.96. The van der Waals surface area contributed by atoms with Crippen LogP contribution in [0.4, 0.5) is 0 Å². The number of hydrogen-bond donors (Lipinski definition) is 4. The molecule has 0 radical (unpaired) electrons. The number of hydrogen-bond acceptors (Lipinski definition) is 8. The molecule has 3 aliphatic rings. The van der Waals surface area contributed by atoms with Crippen molar-refractivity contribution in [3.63, 3.8) is 0 Å². The Bertz CT molecular complexity index is 756. The van der Waals surface area contributed by atoms with E-state index in [1.54, 1.807) is 7.11 Å². The molecular weight excluding hydrogens is 402 g/mol. The van der Waals surface area contributed by atoms with Gasteiger partial charge < -0.3 is 34.6 Å². The Kier molecular flexibility index (Phi) is 7.05. The lowest BCUT2D eigenvalue weighted by molar-refractivity contribution is -0.277. The van der Waals surface area contributed by atoms with Crippen LogP contribution in [0.5, 0.6) is 11.5 Å². The molecule has 1 aromatic rings. The third kappa shape index (κ3) is 4.29. The Balaban J connectivity index is 1.63. The second-order valence-electron chi connectivity index (χ2n) is 8.96. The Morgan fingerprint density at radius 3 is 2.65 bits per heavy atom. The maximum absolute atomic E-state index is 10.4. The molecule has 174 valence electrons. The summed E-state index contributed by atoms with van der Waals surface area (Å²) in [6.07, 6.45) is -1.31. The predicted molar refractivity (Wildman–Crippen MR) is 113 cm³/mol. The molecule has 0 unspecified atom stereocenters. The van der Waals surface area contributed by atoms with Crippen LogP contribution in [0, 0.1) is 5.92 Å². The Morgan fingerprint density at radius 1 is 1.13 bits per heavy atom. The van der Waals surface area contributed by atoms with Crippen LogP contribution in [0.2, 0.25) is 0 Å². The molecule has 1 aromatic carbocycles. The average molecular weight is 438 g/mol. The van der Waals surface area contributed by atoms with Gasteiger partial charge in [-0.2, -0.15) is 0 Å². The molecule has 4 rings (SSSR count). The van der Waals surface area contributed by atoms with Gasteiger partial charge in [-0.05, 0) is 62.7 Å². The van der Waals surface area contributed by atoms with E-state index in [-0.39, 0.29) is 0 Å². The molecule has 0 amide bonds. The van der Waals surface area contributed by atoms with Crippen LogP contribution >= 0.6 is 0 Å². The van der Waals surface area contributed by atoms with E-state index in [1.165, 1.54) is 18.4 Å². The SMILES string of the molecule is CCCN1CCC[C@@H]2Cc3c(ccc(OC)c3O[C@@H]3O[C@H](CO)[C@@H](O)[C@H](O)[C@H]3O)C[C@H]21. The molecule has 8 heteroatoms. The van der Waals surface area contributed by atoms with Crippen molar-refractivity contribution in [1.29, 1.82) is 0 Å². The highest BCUT2D eigenvalue weighted by Crippen LogP contribution is 2.43. The fourth-order valence-corrected chi connectivity index (χ4v) is 5.43. The molecule has 8 nitrogen and oxygen atoms in total. The van der Waals surface area contributed by atoms with Gasteiger partial charge in [0.15, 0.2) is 11.5 Å². The van der Waals surface area contributed by atoms with Gasteiger partial charge in [0.1, 0.15) is 24.4 Å². The maximum Gasteiger partial charge on any atom is 0.229 e. The lowest BCUT2D eigenvalue weighted by Crippen LogP contribution is -2.60. The van der Waals surface area contributed by atoms with Crippen LogP contribution in [0.1, 0.15) is 37.3 Å². The van der Waals surface area contributed by atoms with Gasteiger partial charge in [0.05, 0.1) is 13.7 Å². The van der Waals surface area contributed by atoms with Crippen molar-refractivity contribution in [2.24, 2.45) is 5.92 Å². The maximum atomic E-state index is 10.4. The molecular formula is C23H35NO7. The van der Waals surface area contributed by atoms with Crippen molar-refractivity contribution in [2.75, 3.05) is 26.8 Å². The van der Waals surface area contributed by atoms with Crippen molar-refractivity contribution in [3.05, 3.63) is 23.3 Å². The van der Waals surface area contributed by atoms with Gasteiger partial charge in [0.25, 0.3) is 0 Å². The fourth-order valence-electron chi connectivity index (χ4n) is 5.43. The van der Waals surface area contributed by atoms with Crippen LogP contribution in [0.15, 0.2) is 12.1 Å². The second kappa shape index (κ2) is 9.60. The van der Waals surface area contributed by atoms with E-state index in [0.29, 0.717) is 23.5 Å². The Morgan fingerprint density at radius 2 is 1.94 bits per heavy atom. The molecule has 0 spiro atoms. The molecule has 7 atom stereocenters. The van der Waals surface area contributed by atoms with Crippen molar-refractivity contribution in [1.82, 2.24) is 4.90 Å². The van der Waals surface area contributed by atoms with Gasteiger partial charge in [-0.15, -0.1) is 0 Å². The summed E-state index contributed by atoms with van der Waals surface area (Å²) in [6.45, 7) is 3.99. The number of piperidine rings is 1. The van der Waals surface area contributed by atoms with Crippen LogP contribution in [-0.4, -0.2) is 88.9 Å². The van der Waals surface area contributed by atoms with Crippen molar-refractivity contribution < 1.29 is 34.6 Å². The van der Waals surface area contributed by atoms with E-state index >= 15 is 0 Å². The minimum absolute atomic E-state index is 0.494. The Hall–Kier alpha value is -1.42. The lowest BCUT2D eigenvalue weighted by atomic mass is 9.75. The quantitative estimate of drug-likeness (QED) is 0.508. The highest BCUT2D eigenvalue weighted by molar-refractivity contribution is 5.52. The monoisotopic (exact) mass is 437 g/mol. The minimum Gasteiger partial charge on any atom is -0.493 e. The van der Waals surface area contributed by atoms with E-state index in [1.807, 2.05) is 6.07 Å². The normalized spacial score (nSPS) is 35.9. The van der Waals surface area contributed by atoms with Gasteiger partial charge >= 0.3 is 0 Å². The number of fused-ring (bicyclic) bond motifs is 2. The average Bonchev–Trinajstić information content (AvgIpc) is 2.78. The first-order valence-electron chi connectivity index (χ1n) is 11.4. The number of aliphatic hydroxyl groups excluding tert-OH is 4. The molecule has 0 bridgehead atoms. The number of rotatable bonds is 6. The molecule has 31 heavy (non-hydrogen) atoms. The summed E-state index contributed by atoms with van der Waals surface area (Å²) < 4.78 is 17.2. The largest absolute Gasteiger partial charge is 0.493 e. The number of likely N-dealkylation sites (tertiary alicyclic amines) is 1. The first kappa shape index (κ1) is 22.8. The molecule has 0 aromatic heterocycles. The number of benzene rings is 1. The molecule has 2 fully saturated rings. The first-order chi connectivity index (χ1) is 15.0. The van der Waals surface area contributed by atoms with Gasteiger partial charge in [-0.25, -0.2) is 0 Å². The van der Waals surface area contributed by atoms with Gasteiger partial charge in [-0.1, -0.05) is 13.0 Å². The summed E-state index contributed by atoms with van der Waals surface area (Å²) in [5.41, 5.74) is 2.25. The van der Waals surface area contributed by atoms with E-state index < -0.39 is 37.3 Å².